The van der Waals surface area contributed by atoms with Gasteiger partial charge in [0.2, 0.25) is 4.96 Å². The molecule has 0 bridgehead atoms. The Morgan fingerprint density at radius 3 is 2.58 bits per heavy atom. The standard InChI is InChI=1S/C18H18F3N5O3S2/c1-3-29-15(28)11-8-30-13(22-11)10-4-6-25(7-5-10)14(27)12-9(2)26-17(31-12)23-16(24-26)18(19,20)21/h8,10H,3-7H2,1-2H3. The molecule has 1 aliphatic heterocycles. The number of rotatable bonds is 4. The van der Waals surface area contributed by atoms with Gasteiger partial charge in [0.15, 0.2) is 5.69 Å². The summed E-state index contributed by atoms with van der Waals surface area (Å²) in [6.45, 7) is 4.55. The smallest absolute Gasteiger partial charge is 0.453 e. The zero-order valence-electron chi connectivity index (χ0n) is 16.6. The van der Waals surface area contributed by atoms with E-state index in [1.165, 1.54) is 11.3 Å². The molecular formula is C18H18F3N5O3S2. The summed E-state index contributed by atoms with van der Waals surface area (Å²) in [6, 6.07) is 0. The van der Waals surface area contributed by atoms with Gasteiger partial charge in [-0.1, -0.05) is 11.3 Å². The van der Waals surface area contributed by atoms with Crippen LogP contribution in [-0.2, 0) is 10.9 Å². The van der Waals surface area contributed by atoms with Crippen LogP contribution in [0.4, 0.5) is 13.2 Å². The van der Waals surface area contributed by atoms with E-state index >= 15 is 0 Å². The highest BCUT2D eigenvalue weighted by Crippen LogP contribution is 2.33. The van der Waals surface area contributed by atoms with Gasteiger partial charge in [-0.15, -0.1) is 16.4 Å². The number of piperidine rings is 1. The number of ether oxygens (including phenoxy) is 1. The predicted molar refractivity (Wildman–Crippen MR) is 107 cm³/mol. The van der Waals surface area contributed by atoms with Crippen LogP contribution >= 0.6 is 22.7 Å². The molecule has 0 aliphatic carbocycles. The lowest BCUT2D eigenvalue weighted by Gasteiger charge is -2.30. The first-order valence-electron chi connectivity index (χ1n) is 9.54. The van der Waals surface area contributed by atoms with Gasteiger partial charge in [-0.05, 0) is 26.7 Å². The number of fused-ring (bicyclic) bond motifs is 1. The fourth-order valence-corrected chi connectivity index (χ4v) is 5.40. The molecule has 0 unspecified atom stereocenters. The molecule has 31 heavy (non-hydrogen) atoms. The van der Waals surface area contributed by atoms with E-state index in [0.29, 0.717) is 42.2 Å². The van der Waals surface area contributed by atoms with E-state index in [-0.39, 0.29) is 23.4 Å². The summed E-state index contributed by atoms with van der Waals surface area (Å²) in [6.07, 6.45) is -3.27. The summed E-state index contributed by atoms with van der Waals surface area (Å²) < 4.78 is 44.5. The minimum atomic E-state index is -4.63. The number of thiazole rings is 2. The van der Waals surface area contributed by atoms with Crippen molar-refractivity contribution in [2.75, 3.05) is 19.7 Å². The van der Waals surface area contributed by atoms with Crippen LogP contribution in [0.2, 0.25) is 0 Å². The SMILES string of the molecule is CCOC(=O)c1csc(C2CCN(C(=O)c3sc4nc(C(F)(F)F)nn4c3C)CC2)n1. The number of halogens is 3. The summed E-state index contributed by atoms with van der Waals surface area (Å²) in [5.74, 6) is -1.77. The van der Waals surface area contributed by atoms with Crippen LogP contribution in [0.1, 0.15) is 62.4 Å². The molecule has 1 saturated heterocycles. The van der Waals surface area contributed by atoms with Crippen LogP contribution in [0.25, 0.3) is 4.96 Å². The lowest BCUT2D eigenvalue weighted by Crippen LogP contribution is -2.37. The minimum Gasteiger partial charge on any atom is -0.461 e. The number of nitrogens with zero attached hydrogens (tertiary/aromatic N) is 5. The second kappa shape index (κ2) is 8.19. The second-order valence-corrected chi connectivity index (χ2v) is 8.87. The average molecular weight is 474 g/mol. The molecule has 1 fully saturated rings. The molecule has 4 heterocycles. The third-order valence-electron chi connectivity index (χ3n) is 5.00. The van der Waals surface area contributed by atoms with Gasteiger partial charge in [0.05, 0.1) is 17.3 Å². The summed E-state index contributed by atoms with van der Waals surface area (Å²) in [5.41, 5.74) is 0.637. The van der Waals surface area contributed by atoms with Gasteiger partial charge in [-0.2, -0.15) is 18.2 Å². The third-order valence-corrected chi connectivity index (χ3v) is 7.13. The zero-order valence-corrected chi connectivity index (χ0v) is 18.2. The third kappa shape index (κ3) is 4.15. The molecule has 0 spiro atoms. The molecule has 3 aromatic rings. The van der Waals surface area contributed by atoms with Crippen molar-refractivity contribution in [3.05, 3.63) is 32.5 Å². The van der Waals surface area contributed by atoms with Gasteiger partial charge in [-0.3, -0.25) is 4.79 Å². The molecule has 0 N–H and O–H groups in total. The molecule has 166 valence electrons. The average Bonchev–Trinajstić information content (AvgIpc) is 3.44. The summed E-state index contributed by atoms with van der Waals surface area (Å²) in [4.78, 5) is 34.7. The van der Waals surface area contributed by atoms with Crippen LogP contribution in [0.15, 0.2) is 5.38 Å². The van der Waals surface area contributed by atoms with E-state index in [0.717, 1.165) is 20.9 Å². The second-order valence-electron chi connectivity index (χ2n) is 7.00. The van der Waals surface area contributed by atoms with E-state index in [1.54, 1.807) is 24.1 Å². The first-order chi connectivity index (χ1) is 14.7. The largest absolute Gasteiger partial charge is 0.461 e. The van der Waals surface area contributed by atoms with Crippen LogP contribution in [0.3, 0.4) is 0 Å². The van der Waals surface area contributed by atoms with Gasteiger partial charge >= 0.3 is 12.1 Å². The zero-order chi connectivity index (χ0) is 22.3. The Bertz CT molecular complexity index is 1130. The fourth-order valence-electron chi connectivity index (χ4n) is 3.41. The number of aryl methyl sites for hydroxylation is 1. The van der Waals surface area contributed by atoms with Crippen LogP contribution in [-0.4, -0.2) is 56.1 Å². The van der Waals surface area contributed by atoms with E-state index in [9.17, 15) is 22.8 Å². The molecule has 4 rings (SSSR count). The molecule has 3 aromatic heterocycles. The minimum absolute atomic E-state index is 0.0392. The van der Waals surface area contributed by atoms with Crippen molar-refractivity contribution in [1.82, 2.24) is 24.5 Å². The lowest BCUT2D eigenvalue weighted by molar-refractivity contribution is -0.144. The van der Waals surface area contributed by atoms with Gasteiger partial charge in [0.25, 0.3) is 11.7 Å². The highest BCUT2D eigenvalue weighted by Gasteiger charge is 2.37. The number of carbonyl (C=O) groups excluding carboxylic acids is 2. The maximum atomic E-state index is 12.9. The first kappa shape index (κ1) is 21.7. The van der Waals surface area contributed by atoms with Crippen molar-refractivity contribution in [2.24, 2.45) is 0 Å². The summed E-state index contributed by atoms with van der Waals surface area (Å²) in [5, 5.41) is 6.00. The number of likely N-dealkylation sites (tertiary alicyclic amines) is 1. The van der Waals surface area contributed by atoms with Crippen molar-refractivity contribution >= 4 is 39.5 Å². The molecule has 0 radical (unpaired) electrons. The number of esters is 1. The first-order valence-corrected chi connectivity index (χ1v) is 11.2. The van der Waals surface area contributed by atoms with E-state index in [1.807, 2.05) is 0 Å². The highest BCUT2D eigenvalue weighted by atomic mass is 32.1. The van der Waals surface area contributed by atoms with E-state index in [2.05, 4.69) is 15.1 Å². The number of carbonyl (C=O) groups is 2. The van der Waals surface area contributed by atoms with Crippen molar-refractivity contribution in [3.63, 3.8) is 0 Å². The molecule has 8 nitrogen and oxygen atoms in total. The van der Waals surface area contributed by atoms with E-state index in [4.69, 9.17) is 4.74 Å². The number of amides is 1. The molecule has 13 heteroatoms. The van der Waals surface area contributed by atoms with Crippen molar-refractivity contribution in [3.8, 4) is 0 Å². The number of hydrogen-bond donors (Lipinski definition) is 0. The number of aromatic nitrogens is 4. The van der Waals surface area contributed by atoms with Gasteiger partial charge in [-0.25, -0.2) is 14.3 Å². The summed E-state index contributed by atoms with van der Waals surface area (Å²) in [7, 11) is 0. The lowest BCUT2D eigenvalue weighted by atomic mass is 9.97. The van der Waals surface area contributed by atoms with Crippen LogP contribution < -0.4 is 0 Å². The van der Waals surface area contributed by atoms with Crippen molar-refractivity contribution in [1.29, 1.82) is 0 Å². The number of hydrogen-bond acceptors (Lipinski definition) is 8. The van der Waals surface area contributed by atoms with Gasteiger partial charge in [0.1, 0.15) is 4.88 Å². The van der Waals surface area contributed by atoms with Gasteiger partial charge < -0.3 is 9.64 Å². The van der Waals surface area contributed by atoms with Crippen LogP contribution in [0.5, 0.6) is 0 Å². The quantitative estimate of drug-likeness (QED) is 0.536. The Morgan fingerprint density at radius 2 is 1.97 bits per heavy atom. The number of alkyl halides is 3. The normalized spacial score (nSPS) is 15.6. The Balaban J connectivity index is 1.43. The molecule has 0 aromatic carbocycles. The summed E-state index contributed by atoms with van der Waals surface area (Å²) >= 11 is 2.31. The molecular weight excluding hydrogens is 455 g/mol. The maximum absolute atomic E-state index is 12.9. The molecule has 0 atom stereocenters. The van der Waals surface area contributed by atoms with Crippen molar-refractivity contribution in [2.45, 2.75) is 38.8 Å². The fraction of sp³-hybridized carbons (Fsp3) is 0.500. The Labute approximate surface area is 182 Å². The molecule has 1 amide bonds. The monoisotopic (exact) mass is 473 g/mol. The highest BCUT2D eigenvalue weighted by molar-refractivity contribution is 7.19. The van der Waals surface area contributed by atoms with Crippen LogP contribution in [0, 0.1) is 6.92 Å². The van der Waals surface area contributed by atoms with E-state index < -0.39 is 18.0 Å². The Morgan fingerprint density at radius 1 is 1.26 bits per heavy atom. The predicted octanol–water partition coefficient (Wildman–Crippen LogP) is 3.77. The Hall–Kier alpha value is -2.54. The topological polar surface area (TPSA) is 89.7 Å². The Kier molecular flexibility index (Phi) is 5.73. The maximum Gasteiger partial charge on any atom is 0.453 e. The molecule has 1 aliphatic rings. The van der Waals surface area contributed by atoms with Gasteiger partial charge in [0, 0.05) is 24.4 Å². The van der Waals surface area contributed by atoms with Crippen molar-refractivity contribution < 1.29 is 27.5 Å². The molecule has 0 saturated carbocycles.